The number of aromatic nitrogens is 2. The highest BCUT2D eigenvalue weighted by molar-refractivity contribution is 6.03. The fraction of sp³-hybridized carbons (Fsp3) is 0.346. The summed E-state index contributed by atoms with van der Waals surface area (Å²) in [7, 11) is 0. The van der Waals surface area contributed by atoms with E-state index >= 15 is 0 Å². The molecule has 0 bridgehead atoms. The minimum atomic E-state index is -0.988. The van der Waals surface area contributed by atoms with Crippen LogP contribution in [-0.4, -0.2) is 32.6 Å². The van der Waals surface area contributed by atoms with Gasteiger partial charge in [-0.25, -0.2) is 18.2 Å². The van der Waals surface area contributed by atoms with Gasteiger partial charge in [0.25, 0.3) is 5.91 Å². The summed E-state index contributed by atoms with van der Waals surface area (Å²) in [5.41, 5.74) is 5.16. The molecule has 3 aromatic rings. The van der Waals surface area contributed by atoms with Crippen LogP contribution in [0.4, 0.5) is 18.9 Å². The van der Waals surface area contributed by atoms with Crippen molar-refractivity contribution in [3.8, 4) is 11.3 Å². The SMILES string of the molecule is CCC1(O)C(C)CC(c2ccncc2NC(=O)c2ccc(F)c(-c3c(F)cccc3F)n2)CC1N. The summed E-state index contributed by atoms with van der Waals surface area (Å²) >= 11 is 0. The predicted octanol–water partition coefficient (Wildman–Crippen LogP) is 4.80. The van der Waals surface area contributed by atoms with E-state index in [0.29, 0.717) is 24.9 Å². The molecule has 1 amide bonds. The summed E-state index contributed by atoms with van der Waals surface area (Å²) in [6, 6.07) is 6.58. The minimum absolute atomic E-state index is 0.0330. The third-order valence-corrected chi connectivity index (χ3v) is 7.06. The molecule has 0 saturated heterocycles. The van der Waals surface area contributed by atoms with E-state index in [9.17, 15) is 23.1 Å². The lowest BCUT2D eigenvalue weighted by molar-refractivity contribution is -0.0651. The number of nitrogens with two attached hydrogens (primary N) is 1. The Hall–Kier alpha value is -3.30. The fourth-order valence-corrected chi connectivity index (χ4v) is 4.99. The molecular weight excluding hydrogens is 457 g/mol. The Labute approximate surface area is 201 Å². The molecule has 2 heterocycles. The maximum Gasteiger partial charge on any atom is 0.274 e. The molecule has 184 valence electrons. The summed E-state index contributed by atoms with van der Waals surface area (Å²) < 4.78 is 42.8. The topological polar surface area (TPSA) is 101 Å². The first-order valence-corrected chi connectivity index (χ1v) is 11.5. The number of amides is 1. The zero-order valence-corrected chi connectivity index (χ0v) is 19.4. The molecule has 9 heteroatoms. The normalized spacial score (nSPS) is 24.3. The molecule has 1 aromatic carbocycles. The molecule has 1 saturated carbocycles. The van der Waals surface area contributed by atoms with Crippen LogP contribution in [0.2, 0.25) is 0 Å². The van der Waals surface area contributed by atoms with Crippen LogP contribution in [0.5, 0.6) is 0 Å². The second kappa shape index (κ2) is 9.75. The Morgan fingerprint density at radius 3 is 2.51 bits per heavy atom. The van der Waals surface area contributed by atoms with Crippen LogP contribution in [-0.2, 0) is 0 Å². The molecule has 0 radical (unpaired) electrons. The van der Waals surface area contributed by atoms with Crippen molar-refractivity contribution in [3.05, 3.63) is 77.5 Å². The Balaban J connectivity index is 1.62. The summed E-state index contributed by atoms with van der Waals surface area (Å²) in [6.07, 6.45) is 4.83. The second-order valence-corrected chi connectivity index (χ2v) is 9.06. The molecular formula is C26H27F3N4O2. The first-order chi connectivity index (χ1) is 16.7. The number of hydrogen-bond acceptors (Lipinski definition) is 5. The Kier molecular flexibility index (Phi) is 6.91. The van der Waals surface area contributed by atoms with Crippen LogP contribution >= 0.6 is 0 Å². The molecule has 6 nitrogen and oxygen atoms in total. The van der Waals surface area contributed by atoms with Gasteiger partial charge in [-0.3, -0.25) is 9.78 Å². The van der Waals surface area contributed by atoms with E-state index in [1.165, 1.54) is 6.20 Å². The number of nitrogens with one attached hydrogen (secondary N) is 1. The van der Waals surface area contributed by atoms with Crippen molar-refractivity contribution < 1.29 is 23.1 Å². The highest BCUT2D eigenvalue weighted by Gasteiger charge is 2.44. The largest absolute Gasteiger partial charge is 0.388 e. The van der Waals surface area contributed by atoms with E-state index in [1.54, 1.807) is 12.3 Å². The number of carbonyl (C=O) groups is 1. The van der Waals surface area contributed by atoms with Crippen LogP contribution in [0.25, 0.3) is 11.3 Å². The first-order valence-electron chi connectivity index (χ1n) is 11.5. The third-order valence-electron chi connectivity index (χ3n) is 7.06. The van der Waals surface area contributed by atoms with Crippen molar-refractivity contribution in [2.24, 2.45) is 11.7 Å². The smallest absolute Gasteiger partial charge is 0.274 e. The molecule has 4 atom stereocenters. The number of hydrogen-bond donors (Lipinski definition) is 3. The van der Waals surface area contributed by atoms with Gasteiger partial charge in [-0.15, -0.1) is 0 Å². The summed E-state index contributed by atoms with van der Waals surface area (Å²) in [5.74, 6) is -3.71. The number of benzene rings is 1. The van der Waals surface area contributed by atoms with Gasteiger partial charge in [0.15, 0.2) is 0 Å². The fourth-order valence-electron chi connectivity index (χ4n) is 4.99. The summed E-state index contributed by atoms with van der Waals surface area (Å²) in [6.45, 7) is 3.87. The van der Waals surface area contributed by atoms with Crippen molar-refractivity contribution in [1.82, 2.24) is 9.97 Å². The van der Waals surface area contributed by atoms with Crippen molar-refractivity contribution in [3.63, 3.8) is 0 Å². The molecule has 0 aliphatic heterocycles. The van der Waals surface area contributed by atoms with Gasteiger partial charge in [0, 0.05) is 12.2 Å². The van der Waals surface area contributed by atoms with Crippen LogP contribution in [0.1, 0.15) is 55.1 Å². The monoisotopic (exact) mass is 484 g/mol. The quantitative estimate of drug-likeness (QED) is 0.483. The van der Waals surface area contributed by atoms with Crippen LogP contribution in [0, 0.1) is 23.4 Å². The van der Waals surface area contributed by atoms with Gasteiger partial charge in [-0.05, 0) is 67.0 Å². The molecule has 1 aliphatic rings. The van der Waals surface area contributed by atoms with E-state index in [4.69, 9.17) is 5.73 Å². The number of carbonyl (C=O) groups excluding carboxylic acids is 1. The van der Waals surface area contributed by atoms with Gasteiger partial charge in [-0.2, -0.15) is 0 Å². The number of anilines is 1. The van der Waals surface area contributed by atoms with E-state index in [-0.39, 0.29) is 17.5 Å². The number of rotatable bonds is 5. The van der Waals surface area contributed by atoms with Gasteiger partial charge in [0.1, 0.15) is 28.8 Å². The molecule has 1 aliphatic carbocycles. The molecule has 1 fully saturated rings. The lowest BCUT2D eigenvalue weighted by Gasteiger charge is -2.46. The second-order valence-electron chi connectivity index (χ2n) is 9.06. The van der Waals surface area contributed by atoms with Crippen molar-refractivity contribution >= 4 is 11.6 Å². The number of halogens is 3. The zero-order chi connectivity index (χ0) is 25.3. The van der Waals surface area contributed by atoms with Crippen molar-refractivity contribution in [2.75, 3.05) is 5.32 Å². The number of aliphatic hydroxyl groups is 1. The molecule has 4 rings (SSSR count). The minimum Gasteiger partial charge on any atom is -0.388 e. The van der Waals surface area contributed by atoms with Crippen LogP contribution < -0.4 is 11.1 Å². The Morgan fingerprint density at radius 1 is 1.14 bits per heavy atom. The number of pyridine rings is 2. The van der Waals surface area contributed by atoms with E-state index in [1.807, 2.05) is 13.8 Å². The van der Waals surface area contributed by atoms with E-state index < -0.39 is 46.3 Å². The Morgan fingerprint density at radius 2 is 1.86 bits per heavy atom. The lowest BCUT2D eigenvalue weighted by atomic mass is 9.66. The molecule has 35 heavy (non-hydrogen) atoms. The van der Waals surface area contributed by atoms with Gasteiger partial charge in [-0.1, -0.05) is 19.9 Å². The molecule has 0 spiro atoms. The molecule has 4 N–H and O–H groups in total. The lowest BCUT2D eigenvalue weighted by Crippen LogP contribution is -2.56. The van der Waals surface area contributed by atoms with Crippen molar-refractivity contribution in [1.29, 1.82) is 0 Å². The van der Waals surface area contributed by atoms with Gasteiger partial charge >= 0.3 is 0 Å². The average molecular weight is 485 g/mol. The van der Waals surface area contributed by atoms with E-state index in [0.717, 1.165) is 35.9 Å². The maximum atomic E-state index is 14.4. The molecule has 2 aromatic heterocycles. The first kappa shape index (κ1) is 24.8. The summed E-state index contributed by atoms with van der Waals surface area (Å²) in [4.78, 5) is 21.0. The van der Waals surface area contributed by atoms with Crippen molar-refractivity contribution in [2.45, 2.75) is 50.7 Å². The van der Waals surface area contributed by atoms with Gasteiger partial charge in [0.2, 0.25) is 0 Å². The highest BCUT2D eigenvalue weighted by Crippen LogP contribution is 2.44. The number of nitrogens with zero attached hydrogens (tertiary/aromatic N) is 2. The summed E-state index contributed by atoms with van der Waals surface area (Å²) in [5, 5.41) is 13.7. The molecule has 4 unspecified atom stereocenters. The maximum absolute atomic E-state index is 14.4. The Bertz CT molecular complexity index is 1220. The van der Waals surface area contributed by atoms with E-state index in [2.05, 4.69) is 15.3 Å². The standard InChI is InChI=1S/C26H27F3N4O2/c1-3-26(35)14(2)11-15(12-22(26)30)16-9-10-31-13-21(16)33-25(34)20-8-7-19(29)24(32-20)23-17(27)5-4-6-18(23)28/h4-10,13-15,22,35H,3,11-12,30H2,1-2H3,(H,33,34). The van der Waals surface area contributed by atoms with Crippen LogP contribution in [0.15, 0.2) is 48.8 Å². The van der Waals surface area contributed by atoms with Gasteiger partial charge in [0.05, 0.1) is 23.0 Å². The predicted molar refractivity (Wildman–Crippen MR) is 126 cm³/mol. The van der Waals surface area contributed by atoms with Crippen LogP contribution in [0.3, 0.4) is 0 Å². The highest BCUT2D eigenvalue weighted by atomic mass is 19.1. The third kappa shape index (κ3) is 4.66. The van der Waals surface area contributed by atoms with Gasteiger partial charge < -0.3 is 16.2 Å². The average Bonchev–Trinajstić information content (AvgIpc) is 2.83. The zero-order valence-electron chi connectivity index (χ0n) is 19.4.